The van der Waals surface area contributed by atoms with Gasteiger partial charge in [0.15, 0.2) is 0 Å². The molecule has 1 atom stereocenters. The summed E-state index contributed by atoms with van der Waals surface area (Å²) in [7, 11) is 0. The van der Waals surface area contributed by atoms with Gasteiger partial charge in [0.1, 0.15) is 0 Å². The fourth-order valence-electron chi connectivity index (χ4n) is 2.42. The van der Waals surface area contributed by atoms with Crippen molar-refractivity contribution >= 4 is 5.91 Å². The Labute approximate surface area is 103 Å². The Balaban J connectivity index is 1.68. The van der Waals surface area contributed by atoms with Gasteiger partial charge in [-0.25, -0.2) is 0 Å². The van der Waals surface area contributed by atoms with Crippen LogP contribution in [0, 0.1) is 0 Å². The summed E-state index contributed by atoms with van der Waals surface area (Å²) in [5.74, 6) is 0.297. The molecule has 0 aromatic rings. The number of hydrogen-bond acceptors (Lipinski definition) is 4. The van der Waals surface area contributed by atoms with Crippen LogP contribution in [0.25, 0.3) is 0 Å². The second-order valence-electron chi connectivity index (χ2n) is 4.86. The van der Waals surface area contributed by atoms with Gasteiger partial charge in [-0.15, -0.1) is 0 Å². The summed E-state index contributed by atoms with van der Waals surface area (Å²) in [4.78, 5) is 16.3. The molecule has 0 radical (unpaired) electrons. The van der Waals surface area contributed by atoms with E-state index in [4.69, 9.17) is 4.74 Å². The Kier molecular flexibility index (Phi) is 4.76. The maximum Gasteiger partial charge on any atom is 0.223 e. The number of amides is 1. The molecule has 0 aliphatic carbocycles. The van der Waals surface area contributed by atoms with Gasteiger partial charge in [-0.05, 0) is 6.92 Å². The predicted molar refractivity (Wildman–Crippen MR) is 65.9 cm³/mol. The summed E-state index contributed by atoms with van der Waals surface area (Å²) in [5, 5.41) is 3.26. The summed E-state index contributed by atoms with van der Waals surface area (Å²) < 4.78 is 5.49. The molecule has 2 aliphatic rings. The molecule has 0 aromatic heterocycles. The Bertz CT molecular complexity index is 254. The molecule has 2 saturated heterocycles. The summed E-state index contributed by atoms with van der Waals surface area (Å²) in [6, 6.07) is 0. The van der Waals surface area contributed by atoms with Crippen LogP contribution in [0.15, 0.2) is 0 Å². The van der Waals surface area contributed by atoms with Crippen molar-refractivity contribution in [1.82, 2.24) is 15.1 Å². The average molecular weight is 241 g/mol. The molecule has 2 fully saturated rings. The predicted octanol–water partition coefficient (Wildman–Crippen LogP) is -0.471. The highest BCUT2D eigenvalue weighted by molar-refractivity contribution is 5.76. The van der Waals surface area contributed by atoms with Crippen molar-refractivity contribution in [3.05, 3.63) is 0 Å². The van der Waals surface area contributed by atoms with Gasteiger partial charge in [0.25, 0.3) is 0 Å². The third kappa shape index (κ3) is 3.94. The second-order valence-corrected chi connectivity index (χ2v) is 4.86. The van der Waals surface area contributed by atoms with Crippen molar-refractivity contribution < 1.29 is 9.53 Å². The number of rotatable bonds is 3. The van der Waals surface area contributed by atoms with Crippen LogP contribution in [-0.2, 0) is 9.53 Å². The highest BCUT2D eigenvalue weighted by Gasteiger charge is 2.20. The molecule has 2 rings (SSSR count). The number of nitrogens with one attached hydrogen (secondary N) is 1. The summed E-state index contributed by atoms with van der Waals surface area (Å²) >= 11 is 0. The monoisotopic (exact) mass is 241 g/mol. The molecule has 5 nitrogen and oxygen atoms in total. The molecule has 17 heavy (non-hydrogen) atoms. The zero-order valence-electron chi connectivity index (χ0n) is 10.7. The highest BCUT2D eigenvalue weighted by Crippen LogP contribution is 2.06. The zero-order valence-corrected chi connectivity index (χ0v) is 10.7. The molecule has 5 heteroatoms. The van der Waals surface area contributed by atoms with E-state index < -0.39 is 0 Å². The maximum absolute atomic E-state index is 12.0. The lowest BCUT2D eigenvalue weighted by Crippen LogP contribution is -2.48. The minimum atomic E-state index is 0.297. The fourth-order valence-corrected chi connectivity index (χ4v) is 2.42. The molecule has 98 valence electrons. The first-order valence-electron chi connectivity index (χ1n) is 6.58. The molecule has 0 saturated carbocycles. The van der Waals surface area contributed by atoms with Gasteiger partial charge in [0.05, 0.1) is 12.7 Å². The van der Waals surface area contributed by atoms with E-state index in [0.29, 0.717) is 18.4 Å². The van der Waals surface area contributed by atoms with Crippen LogP contribution in [-0.4, -0.2) is 74.2 Å². The van der Waals surface area contributed by atoms with E-state index in [1.807, 2.05) is 4.90 Å². The largest absolute Gasteiger partial charge is 0.376 e. The standard InChI is InChI=1S/C12H23N3O2/c1-11-10-14(8-9-17-11)5-2-12(16)15-6-3-13-4-7-15/h11,13H,2-10H2,1H3. The number of hydrogen-bond donors (Lipinski definition) is 1. The molecule has 0 bridgehead atoms. The number of nitrogens with zero attached hydrogens (tertiary/aromatic N) is 2. The maximum atomic E-state index is 12.0. The summed E-state index contributed by atoms with van der Waals surface area (Å²) in [6.07, 6.45) is 0.949. The first kappa shape index (κ1) is 12.8. The fraction of sp³-hybridized carbons (Fsp3) is 0.917. The van der Waals surface area contributed by atoms with Gasteiger partial charge in [-0.3, -0.25) is 9.69 Å². The van der Waals surface area contributed by atoms with Crippen LogP contribution in [0.3, 0.4) is 0 Å². The molecule has 1 N–H and O–H groups in total. The van der Waals surface area contributed by atoms with E-state index >= 15 is 0 Å². The lowest BCUT2D eigenvalue weighted by molar-refractivity contribution is -0.132. The highest BCUT2D eigenvalue weighted by atomic mass is 16.5. The van der Waals surface area contributed by atoms with E-state index in [2.05, 4.69) is 17.1 Å². The molecular formula is C12H23N3O2. The van der Waals surface area contributed by atoms with Crippen LogP contribution in [0.2, 0.25) is 0 Å². The van der Waals surface area contributed by atoms with Gasteiger partial charge in [-0.2, -0.15) is 0 Å². The van der Waals surface area contributed by atoms with Gasteiger partial charge >= 0.3 is 0 Å². The number of piperazine rings is 1. The van der Waals surface area contributed by atoms with E-state index in [1.54, 1.807) is 0 Å². The normalized spacial score (nSPS) is 27.1. The Morgan fingerprint density at radius 1 is 1.35 bits per heavy atom. The molecule has 0 spiro atoms. The van der Waals surface area contributed by atoms with Crippen LogP contribution in [0.5, 0.6) is 0 Å². The lowest BCUT2D eigenvalue weighted by atomic mass is 10.2. The van der Waals surface area contributed by atoms with Crippen molar-refractivity contribution in [1.29, 1.82) is 0 Å². The number of carbonyl (C=O) groups is 1. The topological polar surface area (TPSA) is 44.8 Å². The van der Waals surface area contributed by atoms with Gasteiger partial charge < -0.3 is 15.0 Å². The van der Waals surface area contributed by atoms with Crippen molar-refractivity contribution in [3.8, 4) is 0 Å². The number of ether oxygens (including phenoxy) is 1. The summed E-state index contributed by atoms with van der Waals surface area (Å²) in [5.41, 5.74) is 0. The summed E-state index contributed by atoms with van der Waals surface area (Å²) in [6.45, 7) is 9.25. The second kappa shape index (κ2) is 6.33. The van der Waals surface area contributed by atoms with Crippen LogP contribution in [0.1, 0.15) is 13.3 Å². The molecule has 2 heterocycles. The van der Waals surface area contributed by atoms with Gasteiger partial charge in [-0.1, -0.05) is 0 Å². The number of morpholine rings is 1. The molecular weight excluding hydrogens is 218 g/mol. The SMILES string of the molecule is CC1CN(CCC(=O)N2CCNCC2)CCO1. The zero-order chi connectivity index (χ0) is 12.1. The van der Waals surface area contributed by atoms with Gasteiger partial charge in [0, 0.05) is 52.2 Å². The smallest absolute Gasteiger partial charge is 0.223 e. The van der Waals surface area contributed by atoms with E-state index in [-0.39, 0.29) is 0 Å². The first-order chi connectivity index (χ1) is 8.25. The minimum Gasteiger partial charge on any atom is -0.376 e. The van der Waals surface area contributed by atoms with Crippen molar-refractivity contribution in [3.63, 3.8) is 0 Å². The molecule has 1 amide bonds. The Hall–Kier alpha value is -0.650. The lowest BCUT2D eigenvalue weighted by Gasteiger charge is -2.32. The van der Waals surface area contributed by atoms with Crippen molar-refractivity contribution in [2.24, 2.45) is 0 Å². The van der Waals surface area contributed by atoms with E-state index in [0.717, 1.165) is 52.4 Å². The van der Waals surface area contributed by atoms with Crippen LogP contribution in [0.4, 0.5) is 0 Å². The van der Waals surface area contributed by atoms with Crippen LogP contribution >= 0.6 is 0 Å². The Morgan fingerprint density at radius 3 is 2.82 bits per heavy atom. The van der Waals surface area contributed by atoms with Crippen molar-refractivity contribution in [2.75, 3.05) is 52.4 Å². The first-order valence-corrected chi connectivity index (χ1v) is 6.58. The molecule has 0 aromatic carbocycles. The van der Waals surface area contributed by atoms with Gasteiger partial charge in [0.2, 0.25) is 5.91 Å². The number of carbonyl (C=O) groups excluding carboxylic acids is 1. The Morgan fingerprint density at radius 2 is 2.12 bits per heavy atom. The molecule has 2 aliphatic heterocycles. The third-order valence-electron chi connectivity index (χ3n) is 3.44. The van der Waals surface area contributed by atoms with Crippen LogP contribution < -0.4 is 5.32 Å². The molecule has 1 unspecified atom stereocenters. The quantitative estimate of drug-likeness (QED) is 0.725. The minimum absolute atomic E-state index is 0.297. The van der Waals surface area contributed by atoms with Crippen molar-refractivity contribution in [2.45, 2.75) is 19.4 Å². The van der Waals surface area contributed by atoms with E-state index in [9.17, 15) is 4.79 Å². The third-order valence-corrected chi connectivity index (χ3v) is 3.44. The average Bonchev–Trinajstić information content (AvgIpc) is 2.37. The van der Waals surface area contributed by atoms with E-state index in [1.165, 1.54) is 0 Å².